The number of nitrogens with one attached hydrogen (secondary N) is 2. The summed E-state index contributed by atoms with van der Waals surface area (Å²) in [5.41, 5.74) is 6.81. The minimum atomic E-state index is -0.290. The molecule has 26 heavy (non-hydrogen) atoms. The van der Waals surface area contributed by atoms with Gasteiger partial charge in [-0.3, -0.25) is 25.3 Å². The van der Waals surface area contributed by atoms with Gasteiger partial charge in [-0.25, -0.2) is 4.98 Å². The van der Waals surface area contributed by atoms with Crippen molar-refractivity contribution in [3.63, 3.8) is 0 Å². The molecular formula is C18H24N4O3S. The molecule has 2 rings (SSSR count). The largest absolute Gasteiger partial charge is 0.494 e. The summed E-state index contributed by atoms with van der Waals surface area (Å²) in [6.45, 7) is 5.24. The Morgan fingerprint density at radius 2 is 1.88 bits per heavy atom. The maximum atomic E-state index is 11.9. The third kappa shape index (κ3) is 6.81. The summed E-state index contributed by atoms with van der Waals surface area (Å²) in [4.78, 5) is 29.8. The smallest absolute Gasteiger partial charge is 0.252 e. The van der Waals surface area contributed by atoms with Gasteiger partial charge in [0, 0.05) is 17.6 Å². The van der Waals surface area contributed by atoms with E-state index in [1.807, 2.05) is 55.4 Å². The van der Waals surface area contributed by atoms with Crippen LogP contribution in [0.1, 0.15) is 23.2 Å². The predicted octanol–water partition coefficient (Wildman–Crippen LogP) is 1.67. The van der Waals surface area contributed by atoms with Crippen LogP contribution in [0.3, 0.4) is 0 Å². The SMILES string of the molecule is CCOc1ccc(CN(C)CC(=O)NNC(=O)Cc2nc(C)cs2)cc1. The molecular weight excluding hydrogens is 352 g/mol. The van der Waals surface area contributed by atoms with E-state index >= 15 is 0 Å². The van der Waals surface area contributed by atoms with Crippen molar-refractivity contribution in [3.05, 3.63) is 45.9 Å². The van der Waals surface area contributed by atoms with Crippen LogP contribution in [-0.2, 0) is 22.6 Å². The Labute approximate surface area is 157 Å². The van der Waals surface area contributed by atoms with Crippen LogP contribution in [0.4, 0.5) is 0 Å². The number of carbonyl (C=O) groups is 2. The van der Waals surface area contributed by atoms with Crippen LogP contribution in [-0.4, -0.2) is 41.9 Å². The van der Waals surface area contributed by atoms with Gasteiger partial charge >= 0.3 is 0 Å². The molecule has 2 aromatic rings. The van der Waals surface area contributed by atoms with Gasteiger partial charge in [-0.2, -0.15) is 0 Å². The molecule has 1 heterocycles. The number of hydrazine groups is 1. The molecule has 7 nitrogen and oxygen atoms in total. The molecule has 0 atom stereocenters. The van der Waals surface area contributed by atoms with Gasteiger partial charge in [-0.15, -0.1) is 11.3 Å². The normalized spacial score (nSPS) is 10.6. The molecule has 0 saturated carbocycles. The van der Waals surface area contributed by atoms with E-state index in [0.717, 1.165) is 22.0 Å². The lowest BCUT2D eigenvalue weighted by molar-refractivity contribution is -0.129. The van der Waals surface area contributed by atoms with E-state index in [-0.39, 0.29) is 24.8 Å². The summed E-state index contributed by atoms with van der Waals surface area (Å²) in [5.74, 6) is 0.263. The highest BCUT2D eigenvalue weighted by Crippen LogP contribution is 2.13. The van der Waals surface area contributed by atoms with Crippen molar-refractivity contribution in [3.8, 4) is 5.75 Å². The fourth-order valence-corrected chi connectivity index (χ4v) is 3.09. The standard InChI is InChI=1S/C18H24N4O3S/c1-4-25-15-7-5-14(6-8-15)10-22(3)11-17(24)21-20-16(23)9-18-19-13(2)12-26-18/h5-8,12H,4,9-11H2,1-3H3,(H,20,23)(H,21,24). The van der Waals surface area contributed by atoms with Gasteiger partial charge in [0.2, 0.25) is 5.91 Å². The van der Waals surface area contributed by atoms with Gasteiger partial charge in [-0.1, -0.05) is 12.1 Å². The number of hydrogen-bond donors (Lipinski definition) is 2. The summed E-state index contributed by atoms with van der Waals surface area (Å²) in [6, 6.07) is 7.76. The van der Waals surface area contributed by atoms with Crippen molar-refractivity contribution in [2.75, 3.05) is 20.2 Å². The number of nitrogens with zero attached hydrogens (tertiary/aromatic N) is 2. The number of amides is 2. The molecule has 0 spiro atoms. The number of rotatable bonds is 8. The number of aryl methyl sites for hydroxylation is 1. The average Bonchev–Trinajstić information content (AvgIpc) is 3.00. The third-order valence-corrected chi connectivity index (χ3v) is 4.39. The van der Waals surface area contributed by atoms with E-state index in [9.17, 15) is 9.59 Å². The monoisotopic (exact) mass is 376 g/mol. The van der Waals surface area contributed by atoms with Gasteiger partial charge in [0.25, 0.3) is 5.91 Å². The Morgan fingerprint density at radius 1 is 1.19 bits per heavy atom. The van der Waals surface area contributed by atoms with Crippen LogP contribution in [0.2, 0.25) is 0 Å². The van der Waals surface area contributed by atoms with E-state index in [0.29, 0.717) is 13.2 Å². The number of carbonyl (C=O) groups excluding carboxylic acids is 2. The van der Waals surface area contributed by atoms with E-state index in [2.05, 4.69) is 15.8 Å². The molecule has 0 bridgehead atoms. The summed E-state index contributed by atoms with van der Waals surface area (Å²) in [5, 5.41) is 2.61. The highest BCUT2D eigenvalue weighted by molar-refractivity contribution is 7.09. The molecule has 2 N–H and O–H groups in total. The number of benzene rings is 1. The van der Waals surface area contributed by atoms with Crippen LogP contribution in [0.25, 0.3) is 0 Å². The minimum Gasteiger partial charge on any atom is -0.494 e. The van der Waals surface area contributed by atoms with Crippen LogP contribution in [0.5, 0.6) is 5.75 Å². The fraction of sp³-hybridized carbons (Fsp3) is 0.389. The molecule has 0 fully saturated rings. The van der Waals surface area contributed by atoms with E-state index in [4.69, 9.17) is 4.74 Å². The second-order valence-electron chi connectivity index (χ2n) is 5.91. The lowest BCUT2D eigenvalue weighted by Crippen LogP contribution is -2.46. The fourth-order valence-electron chi connectivity index (χ4n) is 2.31. The Kier molecular flexibility index (Phi) is 7.55. The lowest BCUT2D eigenvalue weighted by Gasteiger charge is -2.16. The molecule has 0 saturated heterocycles. The molecule has 0 radical (unpaired) electrons. The zero-order chi connectivity index (χ0) is 18.9. The van der Waals surface area contributed by atoms with E-state index < -0.39 is 0 Å². The van der Waals surface area contributed by atoms with Crippen molar-refractivity contribution >= 4 is 23.2 Å². The van der Waals surface area contributed by atoms with E-state index in [1.54, 1.807) is 0 Å². The van der Waals surface area contributed by atoms with E-state index in [1.165, 1.54) is 11.3 Å². The Balaban J connectivity index is 1.70. The topological polar surface area (TPSA) is 83.6 Å². The van der Waals surface area contributed by atoms with Crippen molar-refractivity contribution in [2.24, 2.45) is 0 Å². The first-order valence-electron chi connectivity index (χ1n) is 8.35. The first-order chi connectivity index (χ1) is 12.5. The zero-order valence-corrected chi connectivity index (χ0v) is 16.1. The van der Waals surface area contributed by atoms with Gasteiger partial charge in [-0.05, 0) is 38.6 Å². The number of thiazole rings is 1. The van der Waals surface area contributed by atoms with Crippen molar-refractivity contribution < 1.29 is 14.3 Å². The van der Waals surface area contributed by atoms with Crippen molar-refractivity contribution in [1.29, 1.82) is 0 Å². The zero-order valence-electron chi connectivity index (χ0n) is 15.2. The molecule has 0 aliphatic heterocycles. The molecule has 140 valence electrons. The van der Waals surface area contributed by atoms with Gasteiger partial charge in [0.05, 0.1) is 19.6 Å². The number of aromatic nitrogens is 1. The number of ether oxygens (including phenoxy) is 1. The molecule has 1 aromatic carbocycles. The third-order valence-electron chi connectivity index (χ3n) is 3.42. The van der Waals surface area contributed by atoms with Crippen molar-refractivity contribution in [1.82, 2.24) is 20.7 Å². The van der Waals surface area contributed by atoms with Gasteiger partial charge in [0.15, 0.2) is 0 Å². The summed E-state index contributed by atoms with van der Waals surface area (Å²) >= 11 is 1.43. The predicted molar refractivity (Wildman–Crippen MR) is 101 cm³/mol. The maximum absolute atomic E-state index is 11.9. The van der Waals surface area contributed by atoms with Crippen LogP contribution in [0, 0.1) is 6.92 Å². The van der Waals surface area contributed by atoms with Gasteiger partial charge in [0.1, 0.15) is 10.8 Å². The van der Waals surface area contributed by atoms with Crippen LogP contribution in [0.15, 0.2) is 29.6 Å². The van der Waals surface area contributed by atoms with Gasteiger partial charge < -0.3 is 4.74 Å². The quantitative estimate of drug-likeness (QED) is 0.685. The number of hydrogen-bond acceptors (Lipinski definition) is 6. The second-order valence-corrected chi connectivity index (χ2v) is 6.85. The average molecular weight is 376 g/mol. The number of likely N-dealkylation sites (N-methyl/N-ethyl adjacent to an activating group) is 1. The highest BCUT2D eigenvalue weighted by atomic mass is 32.1. The molecule has 0 unspecified atom stereocenters. The Hall–Kier alpha value is -2.45. The summed E-state index contributed by atoms with van der Waals surface area (Å²) < 4.78 is 5.41. The van der Waals surface area contributed by atoms with Crippen molar-refractivity contribution in [2.45, 2.75) is 26.8 Å². The summed E-state index contributed by atoms with van der Waals surface area (Å²) in [6.07, 6.45) is 0.154. The minimum absolute atomic E-state index is 0.154. The summed E-state index contributed by atoms with van der Waals surface area (Å²) in [7, 11) is 1.84. The maximum Gasteiger partial charge on any atom is 0.252 e. The molecule has 2 amide bonds. The first kappa shape index (κ1) is 19.9. The molecule has 8 heteroatoms. The molecule has 0 aliphatic carbocycles. The Morgan fingerprint density at radius 3 is 2.50 bits per heavy atom. The first-order valence-corrected chi connectivity index (χ1v) is 9.23. The Bertz CT molecular complexity index is 730. The lowest BCUT2D eigenvalue weighted by atomic mass is 10.2. The highest BCUT2D eigenvalue weighted by Gasteiger charge is 2.10. The van der Waals surface area contributed by atoms with Crippen LogP contribution < -0.4 is 15.6 Å². The van der Waals surface area contributed by atoms with Crippen LogP contribution >= 0.6 is 11.3 Å². The second kappa shape index (κ2) is 9.88. The molecule has 0 aliphatic rings. The molecule has 1 aromatic heterocycles.